The van der Waals surface area contributed by atoms with Gasteiger partial charge < -0.3 is 9.73 Å². The first kappa shape index (κ1) is 21.5. The van der Waals surface area contributed by atoms with E-state index in [2.05, 4.69) is 49.5 Å². The van der Waals surface area contributed by atoms with E-state index in [1.165, 1.54) is 5.39 Å². The van der Waals surface area contributed by atoms with E-state index >= 15 is 0 Å². The summed E-state index contributed by atoms with van der Waals surface area (Å²) in [7, 11) is 0. The molecule has 1 aliphatic carbocycles. The van der Waals surface area contributed by atoms with Crippen LogP contribution in [0.1, 0.15) is 44.1 Å². The standard InChI is InChI=1S/C29H23Cl2NO2/c1-29(2)14-19-25-17-7-4-3-6-16(17)10-11-21(25)32-28(26(19)22(33)15-29)24-13-12-23(34-24)18-8-5-9-20(30)27(18)31/h3-13,28,32H,14-15H2,1-2H3/t28-/m1/s1. The quantitative estimate of drug-likeness (QED) is 0.307. The Hall–Kier alpha value is -3.01. The predicted octanol–water partition coefficient (Wildman–Crippen LogP) is 8.72. The number of carbonyl (C=O) groups excluding carboxylic acids is 1. The summed E-state index contributed by atoms with van der Waals surface area (Å²) in [5, 5.41) is 6.88. The van der Waals surface area contributed by atoms with Gasteiger partial charge in [-0.1, -0.05) is 73.4 Å². The summed E-state index contributed by atoms with van der Waals surface area (Å²) in [6.45, 7) is 4.34. The number of halogens is 2. The van der Waals surface area contributed by atoms with Gasteiger partial charge in [0.25, 0.3) is 0 Å². The van der Waals surface area contributed by atoms with E-state index in [-0.39, 0.29) is 17.2 Å². The zero-order valence-electron chi connectivity index (χ0n) is 18.9. The van der Waals surface area contributed by atoms with Crippen molar-refractivity contribution in [2.45, 2.75) is 32.7 Å². The number of nitrogens with one attached hydrogen (secondary N) is 1. The molecule has 3 aromatic carbocycles. The van der Waals surface area contributed by atoms with Crippen molar-refractivity contribution in [3.05, 3.63) is 93.7 Å². The number of rotatable bonds is 2. The highest BCUT2D eigenvalue weighted by molar-refractivity contribution is 6.43. The van der Waals surface area contributed by atoms with Crippen molar-refractivity contribution >= 4 is 51.0 Å². The molecule has 1 aromatic heterocycles. The van der Waals surface area contributed by atoms with Gasteiger partial charge in [0.15, 0.2) is 5.78 Å². The van der Waals surface area contributed by atoms with Gasteiger partial charge >= 0.3 is 0 Å². The second kappa shape index (κ2) is 7.76. The Morgan fingerprint density at radius 3 is 2.62 bits per heavy atom. The molecule has 1 aliphatic heterocycles. The van der Waals surface area contributed by atoms with Crippen molar-refractivity contribution in [2.75, 3.05) is 5.32 Å². The van der Waals surface area contributed by atoms with E-state index in [1.54, 1.807) is 6.07 Å². The molecule has 170 valence electrons. The molecule has 0 amide bonds. The first-order valence-corrected chi connectivity index (χ1v) is 12.2. The van der Waals surface area contributed by atoms with Crippen LogP contribution in [0.15, 0.2) is 76.7 Å². The third-order valence-corrected chi connectivity index (χ3v) is 7.69. The molecule has 0 saturated carbocycles. The SMILES string of the molecule is CC1(C)CC(=O)C2=C(C1)c1c(ccc3ccccc13)N[C@@H]2c1ccc(-c2cccc(Cl)c2Cl)o1. The third-order valence-electron chi connectivity index (χ3n) is 6.87. The van der Waals surface area contributed by atoms with E-state index in [1.807, 2.05) is 30.3 Å². The number of hydrogen-bond acceptors (Lipinski definition) is 3. The van der Waals surface area contributed by atoms with Gasteiger partial charge in [-0.3, -0.25) is 4.79 Å². The summed E-state index contributed by atoms with van der Waals surface area (Å²) in [4.78, 5) is 13.6. The molecule has 3 nitrogen and oxygen atoms in total. The van der Waals surface area contributed by atoms with Crippen LogP contribution >= 0.6 is 23.2 Å². The lowest BCUT2D eigenvalue weighted by Gasteiger charge is -2.39. The molecule has 0 bridgehead atoms. The van der Waals surface area contributed by atoms with Crippen molar-refractivity contribution in [3.8, 4) is 11.3 Å². The molecule has 34 heavy (non-hydrogen) atoms. The number of allylic oxidation sites excluding steroid dienone is 1. The molecule has 2 aliphatic rings. The second-order valence-electron chi connectivity index (χ2n) is 9.92. The summed E-state index contributed by atoms with van der Waals surface area (Å²) in [5.74, 6) is 1.48. The fourth-order valence-electron chi connectivity index (χ4n) is 5.40. The molecule has 0 radical (unpaired) electrons. The van der Waals surface area contributed by atoms with Crippen LogP contribution in [0.25, 0.3) is 27.7 Å². The van der Waals surface area contributed by atoms with Gasteiger partial charge in [0, 0.05) is 28.8 Å². The number of benzene rings is 3. The Bertz CT molecular complexity index is 1510. The molecule has 0 unspecified atom stereocenters. The maximum atomic E-state index is 13.6. The Kier molecular flexibility index (Phi) is 4.91. The minimum Gasteiger partial charge on any atom is -0.458 e. The van der Waals surface area contributed by atoms with E-state index in [4.69, 9.17) is 27.6 Å². The fourth-order valence-corrected chi connectivity index (χ4v) is 5.79. The van der Waals surface area contributed by atoms with Crippen LogP contribution < -0.4 is 5.32 Å². The molecule has 0 saturated heterocycles. The normalized spacial score (nSPS) is 19.1. The fraction of sp³-hybridized carbons (Fsp3) is 0.207. The number of furan rings is 1. The highest BCUT2D eigenvalue weighted by Gasteiger charge is 2.41. The van der Waals surface area contributed by atoms with Gasteiger partial charge in [-0.25, -0.2) is 0 Å². The average Bonchev–Trinajstić information content (AvgIpc) is 3.29. The van der Waals surface area contributed by atoms with E-state index in [0.717, 1.165) is 39.8 Å². The number of anilines is 1. The largest absolute Gasteiger partial charge is 0.458 e. The van der Waals surface area contributed by atoms with Gasteiger partial charge in [-0.15, -0.1) is 0 Å². The summed E-state index contributed by atoms with van der Waals surface area (Å²) >= 11 is 12.7. The van der Waals surface area contributed by atoms with Crippen molar-refractivity contribution in [3.63, 3.8) is 0 Å². The summed E-state index contributed by atoms with van der Waals surface area (Å²) in [6.07, 6.45) is 1.35. The number of fused-ring (bicyclic) bond motifs is 4. The highest BCUT2D eigenvalue weighted by Crippen LogP contribution is 2.52. The van der Waals surface area contributed by atoms with Crippen molar-refractivity contribution < 1.29 is 9.21 Å². The van der Waals surface area contributed by atoms with Crippen LogP contribution in [0.4, 0.5) is 5.69 Å². The van der Waals surface area contributed by atoms with Crippen molar-refractivity contribution in [1.82, 2.24) is 0 Å². The summed E-state index contributed by atoms with van der Waals surface area (Å²) < 4.78 is 6.30. The Morgan fingerprint density at radius 1 is 0.941 bits per heavy atom. The lowest BCUT2D eigenvalue weighted by Crippen LogP contribution is -2.33. The molecule has 4 aromatic rings. The maximum Gasteiger partial charge on any atom is 0.162 e. The summed E-state index contributed by atoms with van der Waals surface area (Å²) in [5.41, 5.74) is 4.71. The van der Waals surface area contributed by atoms with Crippen molar-refractivity contribution in [2.24, 2.45) is 5.41 Å². The van der Waals surface area contributed by atoms with Crippen LogP contribution in [0.2, 0.25) is 10.0 Å². The third kappa shape index (κ3) is 3.38. The topological polar surface area (TPSA) is 42.2 Å². The van der Waals surface area contributed by atoms with E-state index < -0.39 is 0 Å². The minimum absolute atomic E-state index is 0.103. The molecule has 1 N–H and O–H groups in total. The first-order chi connectivity index (χ1) is 16.3. The molecule has 6 rings (SSSR count). The van der Waals surface area contributed by atoms with Crippen LogP contribution in [0, 0.1) is 5.41 Å². The smallest absolute Gasteiger partial charge is 0.162 e. The monoisotopic (exact) mass is 487 g/mol. The molecule has 0 spiro atoms. The Balaban J connectivity index is 1.54. The van der Waals surface area contributed by atoms with Crippen LogP contribution in [0.5, 0.6) is 0 Å². The van der Waals surface area contributed by atoms with Gasteiger partial charge in [0.1, 0.15) is 17.6 Å². The Morgan fingerprint density at radius 2 is 1.76 bits per heavy atom. The minimum atomic E-state index is -0.362. The first-order valence-electron chi connectivity index (χ1n) is 11.4. The predicted molar refractivity (Wildman–Crippen MR) is 139 cm³/mol. The van der Waals surface area contributed by atoms with Crippen LogP contribution in [-0.2, 0) is 4.79 Å². The molecule has 2 heterocycles. The number of carbonyl (C=O) groups is 1. The molecular weight excluding hydrogens is 465 g/mol. The summed E-state index contributed by atoms with van der Waals surface area (Å²) in [6, 6.07) is 21.5. The van der Waals surface area contributed by atoms with Gasteiger partial charge in [-0.05, 0) is 58.5 Å². The van der Waals surface area contributed by atoms with E-state index in [9.17, 15) is 4.79 Å². The second-order valence-corrected chi connectivity index (χ2v) is 10.7. The van der Waals surface area contributed by atoms with E-state index in [0.29, 0.717) is 28.0 Å². The highest BCUT2D eigenvalue weighted by atomic mass is 35.5. The van der Waals surface area contributed by atoms with Crippen LogP contribution in [-0.4, -0.2) is 5.78 Å². The maximum absolute atomic E-state index is 13.6. The average molecular weight is 488 g/mol. The number of Topliss-reactive ketones (excluding diaryl/α,β-unsaturated/α-hetero) is 1. The molecule has 1 atom stereocenters. The zero-order valence-corrected chi connectivity index (χ0v) is 20.4. The van der Waals surface area contributed by atoms with Crippen molar-refractivity contribution in [1.29, 1.82) is 0 Å². The molecule has 0 fully saturated rings. The molecular formula is C29H23Cl2NO2. The van der Waals surface area contributed by atoms with Gasteiger partial charge in [0.2, 0.25) is 0 Å². The van der Waals surface area contributed by atoms with Crippen LogP contribution in [0.3, 0.4) is 0 Å². The molecule has 5 heteroatoms. The van der Waals surface area contributed by atoms with Gasteiger partial charge in [-0.2, -0.15) is 0 Å². The number of ketones is 1. The lowest BCUT2D eigenvalue weighted by molar-refractivity contribution is -0.118. The zero-order chi connectivity index (χ0) is 23.6. The number of hydrogen-bond donors (Lipinski definition) is 1. The van der Waals surface area contributed by atoms with Gasteiger partial charge in [0.05, 0.1) is 10.0 Å². The Labute approximate surface area is 208 Å². The lowest BCUT2D eigenvalue weighted by atomic mass is 9.68.